The average molecular weight is 635 g/mol. The number of aromatic nitrogens is 2. The van der Waals surface area contributed by atoms with Crippen molar-refractivity contribution in [2.45, 2.75) is 19.7 Å². The minimum atomic E-state index is -0.267. The number of thioether (sulfide) groups is 1. The van der Waals surface area contributed by atoms with Crippen molar-refractivity contribution in [3.63, 3.8) is 0 Å². The molecule has 9 heteroatoms. The van der Waals surface area contributed by atoms with Crippen molar-refractivity contribution in [2.24, 2.45) is 0 Å². The second-order valence-electron chi connectivity index (χ2n) is 10.9. The van der Waals surface area contributed by atoms with Crippen molar-refractivity contribution in [1.29, 1.82) is 0 Å². The lowest BCUT2D eigenvalue weighted by atomic mass is 10.1. The topological polar surface area (TPSA) is 59.8 Å². The second kappa shape index (κ2) is 14.8. The number of carbonyl (C=O) groups is 1. The van der Waals surface area contributed by atoms with E-state index < -0.39 is 0 Å². The first kappa shape index (κ1) is 31.0. The number of carbonyl (C=O) groups excluding carboxylic acids is 1. The molecule has 1 aliphatic heterocycles. The van der Waals surface area contributed by atoms with Gasteiger partial charge in [0, 0.05) is 30.3 Å². The quantitative estimate of drug-likeness (QED) is 0.141. The summed E-state index contributed by atoms with van der Waals surface area (Å²) < 4.78 is 28.2. The molecule has 5 aromatic rings. The van der Waals surface area contributed by atoms with Gasteiger partial charge in [0.15, 0.2) is 5.75 Å². The molecule has 0 radical (unpaired) electrons. The fourth-order valence-electron chi connectivity index (χ4n) is 5.36. The number of imidazole rings is 1. The van der Waals surface area contributed by atoms with E-state index in [0.717, 1.165) is 28.3 Å². The van der Waals surface area contributed by atoms with Gasteiger partial charge in [-0.05, 0) is 53.8 Å². The SMILES string of the molecule is CSC/C=C1/CN(c2ccccc2Oc2cccc(OCc3ccccc3)c2)C(=O)CN1Cc1cncn1Cc1cccc(F)c1. The van der Waals surface area contributed by atoms with E-state index in [1.165, 1.54) is 12.1 Å². The van der Waals surface area contributed by atoms with Crippen LogP contribution in [0.25, 0.3) is 0 Å². The molecule has 0 bridgehead atoms. The second-order valence-corrected chi connectivity index (χ2v) is 11.9. The number of halogens is 1. The van der Waals surface area contributed by atoms with Crippen LogP contribution in [0.5, 0.6) is 17.2 Å². The van der Waals surface area contributed by atoms with Crippen LogP contribution in [0.4, 0.5) is 10.1 Å². The Balaban J connectivity index is 1.18. The lowest BCUT2D eigenvalue weighted by molar-refractivity contribution is -0.120. The minimum absolute atomic E-state index is 0.0338. The standard InChI is InChI=1S/C37H35FN4O3S/c1-46-18-17-31-24-42(37(43)25-40(31)23-32-21-39-27-41(32)22-29-11-7-12-30(38)19-29)35-15-5-6-16-36(35)45-34-14-8-13-33(20-34)44-26-28-9-3-2-4-10-28/h2-17,19-21,27H,18,22-26H2,1H3/b31-17-. The van der Waals surface area contributed by atoms with Crippen LogP contribution in [0.2, 0.25) is 0 Å². The number of benzene rings is 4. The summed E-state index contributed by atoms with van der Waals surface area (Å²) in [4.78, 5) is 22.0. The lowest BCUT2D eigenvalue weighted by Gasteiger charge is -2.38. The van der Waals surface area contributed by atoms with E-state index in [9.17, 15) is 9.18 Å². The first-order valence-electron chi connectivity index (χ1n) is 15.1. The van der Waals surface area contributed by atoms with Crippen molar-refractivity contribution in [2.75, 3.05) is 30.0 Å². The molecule has 2 heterocycles. The predicted octanol–water partition coefficient (Wildman–Crippen LogP) is 7.54. The van der Waals surface area contributed by atoms with Gasteiger partial charge in [0.25, 0.3) is 0 Å². The summed E-state index contributed by atoms with van der Waals surface area (Å²) in [5.74, 6) is 2.41. The summed E-state index contributed by atoms with van der Waals surface area (Å²) in [7, 11) is 0. The van der Waals surface area contributed by atoms with Gasteiger partial charge in [-0.3, -0.25) is 4.79 Å². The monoisotopic (exact) mass is 634 g/mol. The molecule has 234 valence electrons. The van der Waals surface area contributed by atoms with Gasteiger partial charge >= 0.3 is 0 Å². The summed E-state index contributed by atoms with van der Waals surface area (Å²) in [6, 6.07) is 31.7. The molecule has 1 fully saturated rings. The molecule has 1 saturated heterocycles. The van der Waals surface area contributed by atoms with E-state index in [2.05, 4.69) is 22.2 Å². The number of amides is 1. The van der Waals surface area contributed by atoms with Crippen LogP contribution in [0.1, 0.15) is 16.8 Å². The maximum absolute atomic E-state index is 13.8. The van der Waals surface area contributed by atoms with Crippen LogP contribution in [0.3, 0.4) is 0 Å². The highest BCUT2D eigenvalue weighted by Crippen LogP contribution is 2.36. The molecule has 0 N–H and O–H groups in total. The molecular formula is C37H35FN4O3S. The summed E-state index contributed by atoms with van der Waals surface area (Å²) in [5, 5.41) is 0. The van der Waals surface area contributed by atoms with E-state index in [1.807, 2.05) is 95.7 Å². The molecule has 1 amide bonds. The van der Waals surface area contributed by atoms with Crippen molar-refractivity contribution >= 4 is 23.4 Å². The smallest absolute Gasteiger partial charge is 0.246 e. The summed E-state index contributed by atoms with van der Waals surface area (Å²) >= 11 is 1.72. The van der Waals surface area contributed by atoms with Gasteiger partial charge in [0.2, 0.25) is 5.91 Å². The van der Waals surface area contributed by atoms with Crippen LogP contribution >= 0.6 is 11.8 Å². The number of hydrogen-bond donors (Lipinski definition) is 0. The molecule has 1 aromatic heterocycles. The zero-order valence-corrected chi connectivity index (χ0v) is 26.4. The Kier molecular flexibility index (Phi) is 10.00. The Morgan fingerprint density at radius 2 is 1.65 bits per heavy atom. The normalized spacial score (nSPS) is 14.1. The maximum atomic E-state index is 13.8. The fourth-order valence-corrected chi connectivity index (χ4v) is 5.72. The van der Waals surface area contributed by atoms with Crippen LogP contribution in [0.15, 0.2) is 127 Å². The lowest BCUT2D eigenvalue weighted by Crippen LogP contribution is -2.49. The maximum Gasteiger partial charge on any atom is 0.246 e. The van der Waals surface area contributed by atoms with Gasteiger partial charge in [-0.1, -0.05) is 66.7 Å². The molecule has 46 heavy (non-hydrogen) atoms. The predicted molar refractivity (Wildman–Crippen MR) is 181 cm³/mol. The molecule has 1 aliphatic rings. The van der Waals surface area contributed by atoms with Gasteiger partial charge in [-0.15, -0.1) is 0 Å². The number of anilines is 1. The molecular weight excluding hydrogens is 599 g/mol. The van der Waals surface area contributed by atoms with E-state index >= 15 is 0 Å². The van der Waals surface area contributed by atoms with Crippen molar-refractivity contribution in [3.8, 4) is 17.2 Å². The Morgan fingerprint density at radius 3 is 2.50 bits per heavy atom. The molecule has 0 unspecified atom stereocenters. The molecule has 0 saturated carbocycles. The first-order valence-corrected chi connectivity index (χ1v) is 16.5. The minimum Gasteiger partial charge on any atom is -0.489 e. The number of nitrogens with zero attached hydrogens (tertiary/aromatic N) is 4. The molecule has 7 nitrogen and oxygen atoms in total. The number of ether oxygens (including phenoxy) is 2. The number of piperazine rings is 1. The number of hydrogen-bond acceptors (Lipinski definition) is 6. The van der Waals surface area contributed by atoms with Gasteiger partial charge < -0.3 is 23.8 Å². The van der Waals surface area contributed by atoms with Crippen LogP contribution in [0, 0.1) is 5.82 Å². The third-order valence-corrected chi connectivity index (χ3v) is 8.17. The van der Waals surface area contributed by atoms with Gasteiger partial charge in [-0.2, -0.15) is 11.8 Å². The van der Waals surface area contributed by atoms with Crippen molar-refractivity contribution in [1.82, 2.24) is 14.5 Å². The summed E-state index contributed by atoms with van der Waals surface area (Å²) in [6.07, 6.45) is 7.79. The van der Waals surface area contributed by atoms with E-state index in [0.29, 0.717) is 49.2 Å². The highest BCUT2D eigenvalue weighted by atomic mass is 32.2. The highest BCUT2D eigenvalue weighted by Gasteiger charge is 2.30. The summed E-state index contributed by atoms with van der Waals surface area (Å²) in [5.41, 5.74) is 4.62. The molecule has 6 rings (SSSR count). The number of rotatable bonds is 12. The molecule has 0 aliphatic carbocycles. The molecule has 0 atom stereocenters. The molecule has 0 spiro atoms. The average Bonchev–Trinajstić information content (AvgIpc) is 3.50. The van der Waals surface area contributed by atoms with E-state index in [1.54, 1.807) is 29.1 Å². The fraction of sp³-hybridized carbons (Fsp3) is 0.189. The van der Waals surface area contributed by atoms with Crippen molar-refractivity contribution < 1.29 is 18.7 Å². The third-order valence-electron chi connectivity index (χ3n) is 7.67. The third kappa shape index (κ3) is 7.79. The first-order chi connectivity index (χ1) is 22.6. The Morgan fingerprint density at radius 1 is 0.870 bits per heavy atom. The van der Waals surface area contributed by atoms with Gasteiger partial charge in [0.1, 0.15) is 23.9 Å². The highest BCUT2D eigenvalue weighted by molar-refractivity contribution is 7.98. The number of para-hydroxylation sites is 2. The largest absolute Gasteiger partial charge is 0.489 e. The van der Waals surface area contributed by atoms with Crippen LogP contribution in [-0.2, 0) is 24.5 Å². The van der Waals surface area contributed by atoms with E-state index in [4.69, 9.17) is 9.47 Å². The van der Waals surface area contributed by atoms with Crippen LogP contribution in [-0.4, -0.2) is 45.5 Å². The zero-order valence-electron chi connectivity index (χ0n) is 25.6. The summed E-state index contributed by atoms with van der Waals surface area (Å²) in [6.45, 7) is 2.05. The van der Waals surface area contributed by atoms with Gasteiger partial charge in [0.05, 0.1) is 37.3 Å². The van der Waals surface area contributed by atoms with Gasteiger partial charge in [-0.25, -0.2) is 9.37 Å². The Labute approximate surface area is 272 Å². The Hall–Kier alpha value is -5.02. The Bertz CT molecular complexity index is 1810. The molecule has 4 aromatic carbocycles. The van der Waals surface area contributed by atoms with E-state index in [-0.39, 0.29) is 18.3 Å². The van der Waals surface area contributed by atoms with Crippen LogP contribution < -0.4 is 14.4 Å². The van der Waals surface area contributed by atoms with Crippen molar-refractivity contribution in [3.05, 3.63) is 150 Å². The zero-order chi connectivity index (χ0) is 31.7.